The van der Waals surface area contributed by atoms with E-state index in [0.29, 0.717) is 0 Å². The van der Waals surface area contributed by atoms with Crippen molar-refractivity contribution in [1.29, 1.82) is 0 Å². The third kappa shape index (κ3) is 2.62. The van der Waals surface area contributed by atoms with Gasteiger partial charge in [0.25, 0.3) is 0 Å². The molecule has 0 radical (unpaired) electrons. The molecular weight excluding hydrogens is 222 g/mol. The SMILES string of the molecule is Nc1ccc2nc(NCCCCO)sc2c1. The van der Waals surface area contributed by atoms with Gasteiger partial charge >= 0.3 is 0 Å². The van der Waals surface area contributed by atoms with Crippen molar-refractivity contribution in [3.8, 4) is 0 Å². The van der Waals surface area contributed by atoms with Crippen LogP contribution in [0, 0.1) is 0 Å². The summed E-state index contributed by atoms with van der Waals surface area (Å²) in [5.41, 5.74) is 7.45. The Morgan fingerprint density at radius 3 is 3.06 bits per heavy atom. The molecule has 4 nitrogen and oxygen atoms in total. The summed E-state index contributed by atoms with van der Waals surface area (Å²) in [6.07, 6.45) is 1.78. The summed E-state index contributed by atoms with van der Waals surface area (Å²) in [6.45, 7) is 1.09. The third-order valence-corrected chi connectivity index (χ3v) is 3.25. The summed E-state index contributed by atoms with van der Waals surface area (Å²) in [4.78, 5) is 4.44. The lowest BCUT2D eigenvalue weighted by Crippen LogP contribution is -2.01. The largest absolute Gasteiger partial charge is 0.399 e. The highest BCUT2D eigenvalue weighted by Gasteiger charge is 2.02. The lowest BCUT2D eigenvalue weighted by molar-refractivity contribution is 0.286. The van der Waals surface area contributed by atoms with Crippen LogP contribution in [0.4, 0.5) is 10.8 Å². The van der Waals surface area contributed by atoms with E-state index in [0.717, 1.165) is 40.4 Å². The molecule has 1 aromatic heterocycles. The third-order valence-electron chi connectivity index (χ3n) is 2.27. The zero-order chi connectivity index (χ0) is 11.4. The first kappa shape index (κ1) is 11.2. The second kappa shape index (κ2) is 5.14. The maximum atomic E-state index is 8.65. The van der Waals surface area contributed by atoms with Gasteiger partial charge in [0, 0.05) is 18.8 Å². The first-order chi connectivity index (χ1) is 7.79. The molecule has 0 saturated heterocycles. The van der Waals surface area contributed by atoms with Crippen LogP contribution in [0.5, 0.6) is 0 Å². The van der Waals surface area contributed by atoms with Gasteiger partial charge in [-0.15, -0.1) is 0 Å². The first-order valence-electron chi connectivity index (χ1n) is 5.30. The minimum atomic E-state index is 0.248. The molecule has 0 amide bonds. The zero-order valence-electron chi connectivity index (χ0n) is 8.94. The maximum Gasteiger partial charge on any atom is 0.183 e. The fourth-order valence-electron chi connectivity index (χ4n) is 1.45. The minimum Gasteiger partial charge on any atom is -0.399 e. The van der Waals surface area contributed by atoms with Crippen LogP contribution in [-0.2, 0) is 0 Å². The van der Waals surface area contributed by atoms with Crippen molar-refractivity contribution < 1.29 is 5.11 Å². The van der Waals surface area contributed by atoms with Crippen LogP contribution in [0.15, 0.2) is 18.2 Å². The summed E-state index contributed by atoms with van der Waals surface area (Å²) >= 11 is 1.60. The van der Waals surface area contributed by atoms with Gasteiger partial charge in [-0.1, -0.05) is 11.3 Å². The smallest absolute Gasteiger partial charge is 0.183 e. The molecule has 0 aliphatic rings. The number of hydrogen-bond acceptors (Lipinski definition) is 5. The van der Waals surface area contributed by atoms with Crippen LogP contribution in [0.2, 0.25) is 0 Å². The Hall–Kier alpha value is -1.33. The Morgan fingerprint density at radius 2 is 2.25 bits per heavy atom. The molecule has 0 fully saturated rings. The number of hydrogen-bond donors (Lipinski definition) is 3. The van der Waals surface area contributed by atoms with Gasteiger partial charge in [0.1, 0.15) is 0 Å². The second-order valence-electron chi connectivity index (χ2n) is 3.60. The Balaban J connectivity index is 2.02. The Morgan fingerprint density at radius 1 is 1.38 bits per heavy atom. The average molecular weight is 237 g/mol. The van der Waals surface area contributed by atoms with Crippen LogP contribution < -0.4 is 11.1 Å². The molecule has 5 heteroatoms. The molecule has 0 atom stereocenters. The predicted molar refractivity (Wildman–Crippen MR) is 68.8 cm³/mol. The van der Waals surface area contributed by atoms with E-state index in [1.807, 2.05) is 18.2 Å². The number of aliphatic hydroxyl groups is 1. The van der Waals surface area contributed by atoms with Gasteiger partial charge in [-0.3, -0.25) is 0 Å². The van der Waals surface area contributed by atoms with E-state index in [4.69, 9.17) is 10.8 Å². The van der Waals surface area contributed by atoms with Gasteiger partial charge in [0.15, 0.2) is 5.13 Å². The van der Waals surface area contributed by atoms with Gasteiger partial charge in [-0.25, -0.2) is 4.98 Å². The van der Waals surface area contributed by atoms with E-state index >= 15 is 0 Å². The van der Waals surface area contributed by atoms with Crippen molar-refractivity contribution in [1.82, 2.24) is 4.98 Å². The van der Waals surface area contributed by atoms with Crippen LogP contribution >= 0.6 is 11.3 Å². The summed E-state index contributed by atoms with van der Waals surface area (Å²) in [5.74, 6) is 0. The number of anilines is 2. The highest BCUT2D eigenvalue weighted by atomic mass is 32.1. The number of aliphatic hydroxyl groups excluding tert-OH is 1. The van der Waals surface area contributed by atoms with Crippen molar-refractivity contribution in [3.05, 3.63) is 18.2 Å². The molecule has 0 unspecified atom stereocenters. The Bertz CT molecular complexity index is 469. The van der Waals surface area contributed by atoms with E-state index in [1.165, 1.54) is 0 Å². The highest BCUT2D eigenvalue weighted by Crippen LogP contribution is 2.27. The number of nitrogens with one attached hydrogen (secondary N) is 1. The van der Waals surface area contributed by atoms with Crippen molar-refractivity contribution in [2.75, 3.05) is 24.2 Å². The normalized spacial score (nSPS) is 10.8. The number of nitrogen functional groups attached to an aromatic ring is 1. The van der Waals surface area contributed by atoms with Crippen molar-refractivity contribution in [2.45, 2.75) is 12.8 Å². The summed E-state index contributed by atoms with van der Waals surface area (Å²) in [6, 6.07) is 5.73. The van der Waals surface area contributed by atoms with Gasteiger partial charge in [-0.2, -0.15) is 0 Å². The number of nitrogens with two attached hydrogens (primary N) is 1. The lowest BCUT2D eigenvalue weighted by atomic mass is 10.3. The fraction of sp³-hybridized carbons (Fsp3) is 0.364. The molecule has 16 heavy (non-hydrogen) atoms. The number of unbranched alkanes of at least 4 members (excludes halogenated alkanes) is 1. The number of benzene rings is 1. The number of thiazole rings is 1. The van der Waals surface area contributed by atoms with E-state index in [-0.39, 0.29) is 6.61 Å². The lowest BCUT2D eigenvalue weighted by Gasteiger charge is -1.99. The average Bonchev–Trinajstić information content (AvgIpc) is 2.66. The van der Waals surface area contributed by atoms with Crippen LogP contribution in [-0.4, -0.2) is 23.2 Å². The Labute approximate surface area is 98.1 Å². The minimum absolute atomic E-state index is 0.248. The molecule has 0 bridgehead atoms. The summed E-state index contributed by atoms with van der Waals surface area (Å²) in [5, 5.41) is 12.8. The number of rotatable bonds is 5. The fourth-order valence-corrected chi connectivity index (χ4v) is 2.39. The Kier molecular flexibility index (Phi) is 3.58. The molecule has 2 aromatic rings. The van der Waals surface area contributed by atoms with Crippen molar-refractivity contribution in [2.24, 2.45) is 0 Å². The second-order valence-corrected chi connectivity index (χ2v) is 4.63. The van der Waals surface area contributed by atoms with E-state index in [1.54, 1.807) is 11.3 Å². The van der Waals surface area contributed by atoms with Gasteiger partial charge in [0.05, 0.1) is 10.2 Å². The predicted octanol–water partition coefficient (Wildman–Crippen LogP) is 2.06. The van der Waals surface area contributed by atoms with Gasteiger partial charge in [0.2, 0.25) is 0 Å². The molecular formula is C11H15N3OS. The molecule has 4 N–H and O–H groups in total. The zero-order valence-corrected chi connectivity index (χ0v) is 9.76. The summed E-state index contributed by atoms with van der Waals surface area (Å²) in [7, 11) is 0. The topological polar surface area (TPSA) is 71.2 Å². The molecule has 2 rings (SSSR count). The van der Waals surface area contributed by atoms with Crippen molar-refractivity contribution in [3.63, 3.8) is 0 Å². The molecule has 0 aliphatic carbocycles. The first-order valence-corrected chi connectivity index (χ1v) is 6.12. The quantitative estimate of drug-likeness (QED) is 0.550. The van der Waals surface area contributed by atoms with E-state index in [9.17, 15) is 0 Å². The number of aromatic nitrogens is 1. The number of nitrogens with zero attached hydrogens (tertiary/aromatic N) is 1. The van der Waals surface area contributed by atoms with Gasteiger partial charge in [-0.05, 0) is 31.0 Å². The highest BCUT2D eigenvalue weighted by molar-refractivity contribution is 7.22. The standard InChI is InChI=1S/C11H15N3OS/c12-8-3-4-9-10(7-8)16-11(14-9)13-5-1-2-6-15/h3-4,7,15H,1-2,5-6,12H2,(H,13,14). The molecule has 0 aliphatic heterocycles. The molecule has 1 heterocycles. The van der Waals surface area contributed by atoms with Gasteiger partial charge < -0.3 is 16.2 Å². The van der Waals surface area contributed by atoms with E-state index in [2.05, 4.69) is 10.3 Å². The molecule has 0 saturated carbocycles. The maximum absolute atomic E-state index is 8.65. The summed E-state index contributed by atoms with van der Waals surface area (Å²) < 4.78 is 1.10. The molecule has 86 valence electrons. The van der Waals surface area contributed by atoms with Crippen molar-refractivity contribution >= 4 is 32.4 Å². The monoisotopic (exact) mass is 237 g/mol. The molecule has 0 spiro atoms. The van der Waals surface area contributed by atoms with Crippen LogP contribution in [0.1, 0.15) is 12.8 Å². The van der Waals surface area contributed by atoms with Crippen LogP contribution in [0.3, 0.4) is 0 Å². The number of fused-ring (bicyclic) bond motifs is 1. The van der Waals surface area contributed by atoms with E-state index < -0.39 is 0 Å². The van der Waals surface area contributed by atoms with Crippen LogP contribution in [0.25, 0.3) is 10.2 Å². The molecule has 1 aromatic carbocycles.